The van der Waals surface area contributed by atoms with Crippen molar-refractivity contribution in [2.24, 2.45) is 0 Å². The van der Waals surface area contributed by atoms with Crippen LogP contribution in [0.5, 0.6) is 0 Å². The quantitative estimate of drug-likeness (QED) is 0.447. The molecule has 0 saturated carbocycles. The minimum atomic E-state index is -1.34. The number of aliphatic hydroxyl groups excluding tert-OH is 3. The number of aromatic nitrogens is 4. The maximum absolute atomic E-state index is 13.8. The molecule has 154 valence electrons. The normalized spacial score (nSPS) is 24.3. The number of halogens is 3. The summed E-state index contributed by atoms with van der Waals surface area (Å²) in [6.07, 6.45) is -2.25. The zero-order valence-electron chi connectivity index (χ0n) is 14.7. The summed E-state index contributed by atoms with van der Waals surface area (Å²) in [7, 11) is 0. The average molecular weight is 411 g/mol. The van der Waals surface area contributed by atoms with Crippen molar-refractivity contribution >= 4 is 17.0 Å². The summed E-state index contributed by atoms with van der Waals surface area (Å²) < 4.78 is 47.8. The first-order chi connectivity index (χ1) is 13.9. The van der Waals surface area contributed by atoms with Crippen LogP contribution in [0.15, 0.2) is 24.8 Å². The van der Waals surface area contributed by atoms with E-state index in [1.165, 1.54) is 10.9 Å². The van der Waals surface area contributed by atoms with Crippen LogP contribution < -0.4 is 5.32 Å². The Morgan fingerprint density at radius 2 is 1.83 bits per heavy atom. The summed E-state index contributed by atoms with van der Waals surface area (Å²) in [5.74, 6) is -3.29. The Balaban J connectivity index is 1.63. The SMILES string of the molecule is OC[C@H]1OC(n2cnc3c(NCc4c(F)ccc(F)c4F)ncnc32)[C@H](O)[C@@H]1O. The highest BCUT2D eigenvalue weighted by molar-refractivity contribution is 5.82. The van der Waals surface area contributed by atoms with Crippen LogP contribution in [0, 0.1) is 17.5 Å². The van der Waals surface area contributed by atoms with E-state index >= 15 is 0 Å². The number of aliphatic hydroxyl groups is 3. The second-order valence-electron chi connectivity index (χ2n) is 6.45. The molecule has 1 aliphatic rings. The lowest BCUT2D eigenvalue weighted by molar-refractivity contribution is -0.0511. The third-order valence-corrected chi connectivity index (χ3v) is 4.72. The zero-order valence-corrected chi connectivity index (χ0v) is 14.7. The number of nitrogens with one attached hydrogen (secondary N) is 1. The summed E-state index contributed by atoms with van der Waals surface area (Å²) in [5.41, 5.74) is -0.0976. The first-order valence-corrected chi connectivity index (χ1v) is 8.58. The molecule has 1 unspecified atom stereocenters. The first-order valence-electron chi connectivity index (χ1n) is 8.58. The van der Waals surface area contributed by atoms with Gasteiger partial charge in [0, 0.05) is 12.1 Å². The number of ether oxygens (including phenoxy) is 1. The number of rotatable bonds is 5. The Morgan fingerprint density at radius 1 is 1.07 bits per heavy atom. The van der Waals surface area contributed by atoms with Gasteiger partial charge in [-0.3, -0.25) is 4.57 Å². The topological polar surface area (TPSA) is 126 Å². The molecule has 4 rings (SSSR count). The van der Waals surface area contributed by atoms with Crippen LogP contribution in [0.25, 0.3) is 11.2 Å². The van der Waals surface area contributed by atoms with Crippen molar-refractivity contribution in [2.45, 2.75) is 31.1 Å². The molecule has 4 N–H and O–H groups in total. The van der Waals surface area contributed by atoms with E-state index in [9.17, 15) is 28.5 Å². The van der Waals surface area contributed by atoms with Crippen LogP contribution in [-0.4, -0.2) is 59.8 Å². The first kappa shape index (κ1) is 19.5. The molecule has 2 aromatic heterocycles. The molecule has 29 heavy (non-hydrogen) atoms. The molecule has 1 aromatic carbocycles. The lowest BCUT2D eigenvalue weighted by atomic mass is 10.1. The Bertz CT molecular complexity index is 1050. The van der Waals surface area contributed by atoms with Crippen LogP contribution in [0.3, 0.4) is 0 Å². The highest BCUT2D eigenvalue weighted by Gasteiger charge is 2.44. The van der Waals surface area contributed by atoms with E-state index in [4.69, 9.17) is 4.74 Å². The van der Waals surface area contributed by atoms with E-state index in [-0.39, 0.29) is 17.0 Å². The molecule has 0 radical (unpaired) electrons. The van der Waals surface area contributed by atoms with Crippen molar-refractivity contribution in [1.29, 1.82) is 0 Å². The molecular weight excluding hydrogens is 395 g/mol. The Morgan fingerprint density at radius 3 is 2.55 bits per heavy atom. The van der Waals surface area contributed by atoms with Crippen molar-refractivity contribution in [2.75, 3.05) is 11.9 Å². The number of fused-ring (bicyclic) bond motifs is 1. The minimum absolute atomic E-state index is 0.114. The summed E-state index contributed by atoms with van der Waals surface area (Å²) in [6, 6.07) is 1.52. The molecule has 1 aliphatic heterocycles. The maximum atomic E-state index is 13.8. The second kappa shape index (κ2) is 7.55. The minimum Gasteiger partial charge on any atom is -0.394 e. The smallest absolute Gasteiger partial charge is 0.167 e. The summed E-state index contributed by atoms with van der Waals surface area (Å²) in [4.78, 5) is 12.2. The molecule has 12 heteroatoms. The standard InChI is InChI=1S/C17H16F3N5O4/c18-8-1-2-9(19)11(20)7(8)3-21-15-12-16(23-5-22-15)25(6-24-12)17-14(28)13(27)10(4-26)29-17/h1-2,5-6,10,13-14,17,26-28H,3-4H2,(H,21,22,23)/t10-,13-,14-,17?/m1/s1. The lowest BCUT2D eigenvalue weighted by Crippen LogP contribution is -2.33. The van der Waals surface area contributed by atoms with Gasteiger partial charge in [-0.05, 0) is 12.1 Å². The van der Waals surface area contributed by atoms with Crippen molar-refractivity contribution in [3.05, 3.63) is 47.8 Å². The van der Waals surface area contributed by atoms with Gasteiger partial charge in [-0.25, -0.2) is 28.1 Å². The number of anilines is 1. The second-order valence-corrected chi connectivity index (χ2v) is 6.45. The fraction of sp³-hybridized carbons (Fsp3) is 0.353. The van der Waals surface area contributed by atoms with Gasteiger partial charge in [0.1, 0.15) is 30.5 Å². The number of nitrogens with zero attached hydrogens (tertiary/aromatic N) is 4. The van der Waals surface area contributed by atoms with Gasteiger partial charge in [0.15, 0.2) is 34.8 Å². The molecule has 9 nitrogen and oxygen atoms in total. The molecular formula is C17H16F3N5O4. The number of hydrogen-bond acceptors (Lipinski definition) is 8. The predicted molar refractivity (Wildman–Crippen MR) is 92.0 cm³/mol. The molecule has 0 bridgehead atoms. The highest BCUT2D eigenvalue weighted by atomic mass is 19.2. The van der Waals surface area contributed by atoms with E-state index in [1.807, 2.05) is 0 Å². The van der Waals surface area contributed by atoms with E-state index < -0.39 is 60.7 Å². The van der Waals surface area contributed by atoms with Gasteiger partial charge in [-0.1, -0.05) is 0 Å². The fourth-order valence-electron chi connectivity index (χ4n) is 3.18. The lowest BCUT2D eigenvalue weighted by Gasteiger charge is -2.16. The zero-order chi connectivity index (χ0) is 20.7. The van der Waals surface area contributed by atoms with Crippen LogP contribution >= 0.6 is 0 Å². The largest absolute Gasteiger partial charge is 0.394 e. The molecule has 3 aromatic rings. The Kier molecular flexibility index (Phi) is 5.08. The highest BCUT2D eigenvalue weighted by Crippen LogP contribution is 2.32. The molecule has 0 aliphatic carbocycles. The Labute approximate surface area is 161 Å². The molecule has 3 heterocycles. The van der Waals surface area contributed by atoms with Gasteiger partial charge in [0.25, 0.3) is 0 Å². The summed E-state index contributed by atoms with van der Waals surface area (Å²) in [5, 5.41) is 32.0. The van der Waals surface area contributed by atoms with Gasteiger partial charge in [-0.2, -0.15) is 0 Å². The Hall–Kier alpha value is -2.80. The van der Waals surface area contributed by atoms with E-state index in [0.717, 1.165) is 12.4 Å². The molecule has 1 saturated heterocycles. The molecule has 0 spiro atoms. The van der Waals surface area contributed by atoms with E-state index in [1.54, 1.807) is 0 Å². The molecule has 0 amide bonds. The van der Waals surface area contributed by atoms with Crippen molar-refractivity contribution in [1.82, 2.24) is 19.5 Å². The maximum Gasteiger partial charge on any atom is 0.167 e. The number of imidazole rings is 1. The van der Waals surface area contributed by atoms with Crippen molar-refractivity contribution in [3.63, 3.8) is 0 Å². The van der Waals surface area contributed by atoms with Crippen LogP contribution in [0.2, 0.25) is 0 Å². The van der Waals surface area contributed by atoms with E-state index in [0.29, 0.717) is 6.07 Å². The van der Waals surface area contributed by atoms with Crippen LogP contribution in [0.4, 0.5) is 19.0 Å². The van der Waals surface area contributed by atoms with Crippen LogP contribution in [-0.2, 0) is 11.3 Å². The third-order valence-electron chi connectivity index (χ3n) is 4.72. The monoisotopic (exact) mass is 411 g/mol. The van der Waals surface area contributed by atoms with Crippen LogP contribution in [0.1, 0.15) is 11.8 Å². The summed E-state index contributed by atoms with van der Waals surface area (Å²) >= 11 is 0. The number of benzene rings is 1. The number of hydrogen-bond donors (Lipinski definition) is 4. The van der Waals surface area contributed by atoms with Gasteiger partial charge in [0.2, 0.25) is 0 Å². The fourth-order valence-corrected chi connectivity index (χ4v) is 3.18. The molecule has 1 fully saturated rings. The predicted octanol–water partition coefficient (Wildman–Crippen LogP) is 0.467. The average Bonchev–Trinajstić information content (AvgIpc) is 3.26. The van der Waals surface area contributed by atoms with Gasteiger partial charge >= 0.3 is 0 Å². The van der Waals surface area contributed by atoms with Crippen molar-refractivity contribution < 1.29 is 33.2 Å². The van der Waals surface area contributed by atoms with Crippen molar-refractivity contribution in [3.8, 4) is 0 Å². The molecule has 4 atom stereocenters. The van der Waals surface area contributed by atoms with Gasteiger partial charge in [0.05, 0.1) is 12.9 Å². The van der Waals surface area contributed by atoms with E-state index in [2.05, 4.69) is 20.3 Å². The summed E-state index contributed by atoms with van der Waals surface area (Å²) in [6.45, 7) is -0.893. The van der Waals surface area contributed by atoms with Gasteiger partial charge in [-0.15, -0.1) is 0 Å². The van der Waals surface area contributed by atoms with Gasteiger partial charge < -0.3 is 25.4 Å². The third kappa shape index (κ3) is 3.29.